The molecule has 2 heterocycles. The highest BCUT2D eigenvalue weighted by Crippen LogP contribution is 2.36. The zero-order valence-corrected chi connectivity index (χ0v) is 26.1. The molecular weight excluding hydrogens is 532 g/mol. The number of ketones is 1. The molecule has 0 bridgehead atoms. The van der Waals surface area contributed by atoms with Crippen LogP contribution in [-0.4, -0.2) is 62.5 Å². The molecule has 1 saturated heterocycles. The van der Waals surface area contributed by atoms with Crippen LogP contribution in [0.2, 0.25) is 0 Å². The third kappa shape index (κ3) is 7.58. The highest BCUT2D eigenvalue weighted by Gasteiger charge is 2.51. The first-order valence-electron chi connectivity index (χ1n) is 15.7. The Morgan fingerprint density at radius 1 is 1.07 bits per heavy atom. The number of aromatic nitrogens is 2. The Morgan fingerprint density at radius 3 is 2.31 bits per heavy atom. The average Bonchev–Trinajstić information content (AvgIpc) is 3.69. The van der Waals surface area contributed by atoms with Crippen molar-refractivity contribution in [3.05, 3.63) is 30.0 Å². The molecule has 2 N–H and O–H groups in total. The molecule has 4 atom stereocenters. The van der Waals surface area contributed by atoms with Crippen molar-refractivity contribution in [3.8, 4) is 5.88 Å². The number of aryl methyl sites for hydroxylation is 1. The van der Waals surface area contributed by atoms with Gasteiger partial charge in [-0.05, 0) is 42.7 Å². The first-order valence-corrected chi connectivity index (χ1v) is 15.7. The summed E-state index contributed by atoms with van der Waals surface area (Å²) in [4.78, 5) is 50.6. The van der Waals surface area contributed by atoms with Crippen molar-refractivity contribution in [1.82, 2.24) is 20.2 Å². The molecule has 9 nitrogen and oxygen atoms in total. The zero-order valence-electron chi connectivity index (χ0n) is 26.1. The smallest absolute Gasteiger partial charge is 0.405 e. The van der Waals surface area contributed by atoms with E-state index in [1.807, 2.05) is 65.8 Å². The maximum absolute atomic E-state index is 14.0. The minimum Gasteiger partial charge on any atom is -0.471 e. The van der Waals surface area contributed by atoms with E-state index in [4.69, 9.17) is 14.7 Å². The van der Waals surface area contributed by atoms with Crippen LogP contribution in [0.15, 0.2) is 24.3 Å². The average molecular weight is 581 g/mol. The number of unbranched alkanes of at least 4 members (excludes halogenated alkanes) is 2. The summed E-state index contributed by atoms with van der Waals surface area (Å²) >= 11 is 0. The second kappa shape index (κ2) is 13.4. The van der Waals surface area contributed by atoms with Gasteiger partial charge >= 0.3 is 6.09 Å². The molecule has 0 spiro atoms. The van der Waals surface area contributed by atoms with Gasteiger partial charge in [0, 0.05) is 11.8 Å². The summed E-state index contributed by atoms with van der Waals surface area (Å²) in [7, 11) is 0. The van der Waals surface area contributed by atoms with Crippen molar-refractivity contribution in [2.24, 2.45) is 23.2 Å². The lowest BCUT2D eigenvalue weighted by molar-refractivity contribution is -0.143. The predicted molar refractivity (Wildman–Crippen MR) is 162 cm³/mol. The summed E-state index contributed by atoms with van der Waals surface area (Å²) in [6.45, 7) is 11.3. The number of benzene rings is 1. The van der Waals surface area contributed by atoms with Gasteiger partial charge in [-0.1, -0.05) is 85.8 Å². The summed E-state index contributed by atoms with van der Waals surface area (Å²) in [5.41, 5.74) is 1.65. The number of fused-ring (bicyclic) bond motifs is 1. The number of likely N-dealkylation sites (tertiary alicyclic amines) is 1. The largest absolute Gasteiger partial charge is 0.471 e. The Kier molecular flexibility index (Phi) is 10.1. The molecule has 0 radical (unpaired) electrons. The minimum atomic E-state index is -1.28. The number of Topliss-reactive ketones (excluding diaryl/α,β-unsaturated/α-hetero) is 1. The minimum absolute atomic E-state index is 0.0511. The molecule has 2 amide bonds. The van der Waals surface area contributed by atoms with E-state index in [9.17, 15) is 19.5 Å². The van der Waals surface area contributed by atoms with E-state index in [0.717, 1.165) is 41.9 Å². The van der Waals surface area contributed by atoms with Crippen LogP contribution in [0.4, 0.5) is 4.79 Å². The number of nitrogens with one attached hydrogen (secondary N) is 1. The van der Waals surface area contributed by atoms with Gasteiger partial charge in [-0.2, -0.15) is 0 Å². The molecule has 1 saturated carbocycles. The van der Waals surface area contributed by atoms with Crippen molar-refractivity contribution in [3.63, 3.8) is 0 Å². The third-order valence-corrected chi connectivity index (χ3v) is 8.68. The van der Waals surface area contributed by atoms with Crippen LogP contribution in [0.1, 0.15) is 92.2 Å². The number of carbonyl (C=O) groups is 3. The predicted octanol–water partition coefficient (Wildman–Crippen LogP) is 6.03. The number of nitrogens with zero attached hydrogens (tertiary/aromatic N) is 3. The van der Waals surface area contributed by atoms with Crippen LogP contribution >= 0.6 is 0 Å². The highest BCUT2D eigenvalue weighted by molar-refractivity contribution is 5.94. The standard InChI is InChI=1S/C33H48N4O5/c1-7-22-26(19-37(27(22)28(38)20(2)3)31(39)29(33(4,5)6)36-32(40)41)42-30-25(16-10-8-9-13-21-17-18-21)34-23-14-11-12-15-24(23)35-30/h11-12,14-15,20-22,26-27,29,36H,7-10,13,16-19H2,1-6H3,(H,40,41)/t22-,26+,27+,29-/m1/s1. The monoisotopic (exact) mass is 580 g/mol. The first-order chi connectivity index (χ1) is 19.9. The Labute approximate surface area is 249 Å². The van der Waals surface area contributed by atoms with E-state index in [2.05, 4.69) is 5.32 Å². The Balaban J connectivity index is 1.63. The van der Waals surface area contributed by atoms with Crippen LogP contribution in [0.25, 0.3) is 11.0 Å². The van der Waals surface area contributed by atoms with Crippen LogP contribution in [0.3, 0.4) is 0 Å². The fourth-order valence-electron chi connectivity index (χ4n) is 6.09. The van der Waals surface area contributed by atoms with Gasteiger partial charge < -0.3 is 20.1 Å². The number of rotatable bonds is 13. The molecule has 4 rings (SSSR count). The van der Waals surface area contributed by atoms with E-state index in [1.54, 1.807) is 4.90 Å². The lowest BCUT2D eigenvalue weighted by Gasteiger charge is -2.35. The van der Waals surface area contributed by atoms with Gasteiger partial charge in [0.25, 0.3) is 0 Å². The maximum atomic E-state index is 14.0. The molecule has 0 unspecified atom stereocenters. The quantitative estimate of drug-likeness (QED) is 0.277. The van der Waals surface area contributed by atoms with Crippen molar-refractivity contribution in [1.29, 1.82) is 0 Å². The van der Waals surface area contributed by atoms with Gasteiger partial charge in [-0.15, -0.1) is 0 Å². The van der Waals surface area contributed by atoms with Crippen LogP contribution < -0.4 is 10.1 Å². The van der Waals surface area contributed by atoms with Crippen molar-refractivity contribution in [2.75, 3.05) is 6.54 Å². The fourth-order valence-corrected chi connectivity index (χ4v) is 6.09. The molecule has 1 aliphatic heterocycles. The van der Waals surface area contributed by atoms with Gasteiger partial charge in [-0.3, -0.25) is 9.59 Å². The molecule has 230 valence electrons. The number of ether oxygens (including phenoxy) is 1. The van der Waals surface area contributed by atoms with Crippen molar-refractivity contribution >= 4 is 28.8 Å². The summed E-state index contributed by atoms with van der Waals surface area (Å²) in [5, 5.41) is 11.9. The van der Waals surface area contributed by atoms with E-state index in [-0.39, 0.29) is 24.2 Å². The van der Waals surface area contributed by atoms with Crippen molar-refractivity contribution in [2.45, 2.75) is 111 Å². The number of amides is 2. The Morgan fingerprint density at radius 2 is 1.74 bits per heavy atom. The Bertz CT molecular complexity index is 1270. The molecule has 42 heavy (non-hydrogen) atoms. The van der Waals surface area contributed by atoms with Crippen LogP contribution in [-0.2, 0) is 16.0 Å². The highest BCUT2D eigenvalue weighted by atomic mass is 16.5. The number of para-hydroxylation sites is 2. The number of hydrogen-bond acceptors (Lipinski definition) is 6. The maximum Gasteiger partial charge on any atom is 0.405 e. The zero-order chi connectivity index (χ0) is 30.6. The van der Waals surface area contributed by atoms with Gasteiger partial charge in [0.15, 0.2) is 5.78 Å². The normalized spacial score (nSPS) is 21.5. The van der Waals surface area contributed by atoms with E-state index < -0.39 is 35.6 Å². The van der Waals surface area contributed by atoms with Gasteiger partial charge in [0.2, 0.25) is 11.8 Å². The summed E-state index contributed by atoms with van der Waals surface area (Å²) in [5.74, 6) is 0.354. The number of carbonyl (C=O) groups excluding carboxylic acids is 2. The third-order valence-electron chi connectivity index (χ3n) is 8.68. The van der Waals surface area contributed by atoms with Crippen LogP contribution in [0, 0.1) is 23.2 Å². The van der Waals surface area contributed by atoms with E-state index in [0.29, 0.717) is 12.3 Å². The molecule has 9 heteroatoms. The molecule has 2 aliphatic rings. The molecule has 1 aliphatic carbocycles. The topological polar surface area (TPSA) is 122 Å². The van der Waals surface area contributed by atoms with Gasteiger partial charge in [0.05, 0.1) is 23.6 Å². The lowest BCUT2D eigenvalue weighted by atomic mass is 9.84. The van der Waals surface area contributed by atoms with Crippen molar-refractivity contribution < 1.29 is 24.2 Å². The second-order valence-electron chi connectivity index (χ2n) is 13.5. The molecule has 2 fully saturated rings. The summed E-state index contributed by atoms with van der Waals surface area (Å²) in [6.07, 6.45) is 6.98. The molecule has 1 aromatic heterocycles. The van der Waals surface area contributed by atoms with Gasteiger partial charge in [0.1, 0.15) is 17.8 Å². The van der Waals surface area contributed by atoms with Gasteiger partial charge in [-0.25, -0.2) is 14.8 Å². The van der Waals surface area contributed by atoms with Crippen LogP contribution in [0.5, 0.6) is 5.88 Å². The Hall–Kier alpha value is -3.23. The van der Waals surface area contributed by atoms with E-state index >= 15 is 0 Å². The number of carboxylic acid groups (broad SMARTS) is 1. The first kappa shape index (κ1) is 31.7. The lowest BCUT2D eigenvalue weighted by Crippen LogP contribution is -2.57. The van der Waals surface area contributed by atoms with E-state index in [1.165, 1.54) is 25.7 Å². The molecule has 1 aromatic carbocycles. The summed E-state index contributed by atoms with van der Waals surface area (Å²) in [6, 6.07) is 6.00. The molecule has 2 aromatic rings. The number of hydrogen-bond donors (Lipinski definition) is 2. The SMILES string of the molecule is CC[C@@H]1[C@@H](Oc2nc3ccccc3nc2CCCCCC2CC2)CN(C(=O)[C@@H](NC(=O)O)C(C)(C)C)[C@@H]1C(=O)C(C)C. The summed E-state index contributed by atoms with van der Waals surface area (Å²) < 4.78 is 6.65. The second-order valence-corrected chi connectivity index (χ2v) is 13.5. The molecular formula is C33H48N4O5. The fraction of sp³-hybridized carbons (Fsp3) is 0.667.